The molecule has 0 spiro atoms. The highest BCUT2D eigenvalue weighted by molar-refractivity contribution is 5.72. The van der Waals surface area contributed by atoms with E-state index in [0.29, 0.717) is 25.3 Å². The summed E-state index contributed by atoms with van der Waals surface area (Å²) in [5, 5.41) is 9.91. The third kappa shape index (κ3) is 5.33. The smallest absolute Gasteiger partial charge is 0.308 e. The molecular formula is C24H37NO5. The molecule has 0 amide bonds. The lowest BCUT2D eigenvalue weighted by Crippen LogP contribution is -2.43. The molecule has 1 saturated heterocycles. The molecule has 2 aliphatic carbocycles. The van der Waals surface area contributed by atoms with Gasteiger partial charge in [-0.3, -0.25) is 9.59 Å². The number of fused-ring (bicyclic) bond motifs is 1. The molecule has 0 saturated carbocycles. The molecule has 0 bridgehead atoms. The highest BCUT2D eigenvalue weighted by Gasteiger charge is 2.42. The number of hydrogen-bond acceptors (Lipinski definition) is 6. The Kier molecular flexibility index (Phi) is 7.75. The van der Waals surface area contributed by atoms with E-state index in [1.807, 2.05) is 13.8 Å². The molecule has 6 heteroatoms. The van der Waals surface area contributed by atoms with E-state index in [4.69, 9.17) is 15.2 Å². The SMILES string of the molecule is CCC(C)C(=O)O[C@H]1C[C@@H](CN)C=C2C=C[C@H](C)[C@H](CC[C@@H]3C[C@@H](O)CC(=O)O3)[C@H]21. The van der Waals surface area contributed by atoms with Gasteiger partial charge in [-0.2, -0.15) is 0 Å². The van der Waals surface area contributed by atoms with Crippen molar-refractivity contribution in [1.29, 1.82) is 0 Å². The van der Waals surface area contributed by atoms with Crippen LogP contribution in [-0.4, -0.2) is 41.9 Å². The summed E-state index contributed by atoms with van der Waals surface area (Å²) in [4.78, 5) is 24.3. The van der Waals surface area contributed by atoms with Gasteiger partial charge in [0.05, 0.1) is 18.4 Å². The van der Waals surface area contributed by atoms with Crippen LogP contribution in [0, 0.1) is 29.6 Å². The van der Waals surface area contributed by atoms with Gasteiger partial charge >= 0.3 is 11.9 Å². The molecule has 3 rings (SSSR count). The summed E-state index contributed by atoms with van der Waals surface area (Å²) in [7, 11) is 0. The molecule has 30 heavy (non-hydrogen) atoms. The van der Waals surface area contributed by atoms with Crippen molar-refractivity contribution >= 4 is 11.9 Å². The molecule has 1 heterocycles. The van der Waals surface area contributed by atoms with Crippen LogP contribution >= 0.6 is 0 Å². The maximum absolute atomic E-state index is 12.6. The van der Waals surface area contributed by atoms with Crippen LogP contribution in [0.25, 0.3) is 0 Å². The lowest BCUT2D eigenvalue weighted by Gasteiger charge is -2.44. The van der Waals surface area contributed by atoms with Crippen LogP contribution < -0.4 is 5.73 Å². The van der Waals surface area contributed by atoms with Gasteiger partial charge in [-0.25, -0.2) is 0 Å². The van der Waals surface area contributed by atoms with E-state index in [-0.39, 0.29) is 54.2 Å². The van der Waals surface area contributed by atoms with Crippen LogP contribution in [0.2, 0.25) is 0 Å². The van der Waals surface area contributed by atoms with Crippen molar-refractivity contribution in [2.75, 3.05) is 6.54 Å². The number of esters is 2. The summed E-state index contributed by atoms with van der Waals surface area (Å²) >= 11 is 0. The second-order valence-corrected chi connectivity index (χ2v) is 9.37. The Bertz CT molecular complexity index is 687. The number of carbonyl (C=O) groups excluding carboxylic acids is 2. The third-order valence-corrected chi connectivity index (χ3v) is 7.12. The first-order valence-corrected chi connectivity index (χ1v) is 11.5. The van der Waals surface area contributed by atoms with Gasteiger partial charge < -0.3 is 20.3 Å². The van der Waals surface area contributed by atoms with Crippen molar-refractivity contribution < 1.29 is 24.2 Å². The Morgan fingerprint density at radius 3 is 2.80 bits per heavy atom. The third-order valence-electron chi connectivity index (χ3n) is 7.12. The molecule has 3 aliphatic rings. The summed E-state index contributed by atoms with van der Waals surface area (Å²) in [6, 6.07) is 0. The maximum atomic E-state index is 12.6. The van der Waals surface area contributed by atoms with E-state index in [9.17, 15) is 14.7 Å². The Labute approximate surface area is 179 Å². The summed E-state index contributed by atoms with van der Waals surface area (Å²) < 4.78 is 11.5. The summed E-state index contributed by atoms with van der Waals surface area (Å²) in [5.74, 6) is 0.380. The number of hydrogen-bond donors (Lipinski definition) is 2. The summed E-state index contributed by atoms with van der Waals surface area (Å²) in [6.07, 6.45) is 9.26. The predicted molar refractivity (Wildman–Crippen MR) is 114 cm³/mol. The molecule has 168 valence electrons. The minimum atomic E-state index is -0.611. The van der Waals surface area contributed by atoms with Crippen LogP contribution in [0.1, 0.15) is 59.3 Å². The van der Waals surface area contributed by atoms with Crippen LogP contribution in [0.5, 0.6) is 0 Å². The largest absolute Gasteiger partial charge is 0.462 e. The average molecular weight is 420 g/mol. The number of allylic oxidation sites excluding steroid dienone is 2. The van der Waals surface area contributed by atoms with Gasteiger partial charge in [-0.15, -0.1) is 0 Å². The highest BCUT2D eigenvalue weighted by atomic mass is 16.5. The minimum Gasteiger partial charge on any atom is -0.462 e. The topological polar surface area (TPSA) is 98.9 Å². The second kappa shape index (κ2) is 10.1. The van der Waals surface area contributed by atoms with E-state index in [1.165, 1.54) is 5.57 Å². The van der Waals surface area contributed by atoms with Crippen LogP contribution in [0.4, 0.5) is 0 Å². The zero-order valence-corrected chi connectivity index (χ0v) is 18.5. The number of nitrogens with two attached hydrogens (primary N) is 1. The number of aliphatic hydroxyl groups excluding tert-OH is 1. The zero-order chi connectivity index (χ0) is 21.8. The second-order valence-electron chi connectivity index (χ2n) is 9.37. The van der Waals surface area contributed by atoms with Gasteiger partial charge in [-0.1, -0.05) is 39.0 Å². The molecule has 1 unspecified atom stereocenters. The lowest BCUT2D eigenvalue weighted by atomic mass is 9.65. The zero-order valence-electron chi connectivity index (χ0n) is 18.5. The first-order chi connectivity index (χ1) is 14.3. The van der Waals surface area contributed by atoms with Gasteiger partial charge in [0.25, 0.3) is 0 Å². The number of aliphatic hydroxyl groups is 1. The van der Waals surface area contributed by atoms with Crippen LogP contribution in [-0.2, 0) is 19.1 Å². The van der Waals surface area contributed by atoms with Crippen molar-refractivity contribution in [3.63, 3.8) is 0 Å². The van der Waals surface area contributed by atoms with Gasteiger partial charge in [0.2, 0.25) is 0 Å². The Hall–Kier alpha value is -1.66. The van der Waals surface area contributed by atoms with Gasteiger partial charge in [0, 0.05) is 12.3 Å². The van der Waals surface area contributed by atoms with Gasteiger partial charge in [-0.05, 0) is 55.6 Å². The molecule has 1 fully saturated rings. The standard InChI is InChI=1S/C24H37NO5/c1-4-14(2)24(28)30-21-10-16(13-25)9-17-6-5-15(3)20(23(17)21)8-7-19-11-18(26)12-22(27)29-19/h5-6,9,14-16,18-21,23,26H,4,7-8,10-13,25H2,1-3H3/t14?,15-,16-,18+,19+,20-,21-,23-/m0/s1. The fourth-order valence-electron chi connectivity index (χ4n) is 5.11. The Morgan fingerprint density at radius 2 is 2.13 bits per heavy atom. The molecule has 8 atom stereocenters. The fraction of sp³-hybridized carbons (Fsp3) is 0.750. The maximum Gasteiger partial charge on any atom is 0.308 e. The number of ether oxygens (including phenoxy) is 2. The van der Waals surface area contributed by atoms with Gasteiger partial charge in [0.15, 0.2) is 0 Å². The lowest BCUT2D eigenvalue weighted by molar-refractivity contribution is -0.162. The quantitative estimate of drug-likeness (QED) is 0.615. The van der Waals surface area contributed by atoms with Crippen molar-refractivity contribution in [2.45, 2.75) is 77.6 Å². The van der Waals surface area contributed by atoms with Gasteiger partial charge in [0.1, 0.15) is 12.2 Å². The first kappa shape index (κ1) is 23.0. The Balaban J connectivity index is 1.77. The molecule has 0 aromatic carbocycles. The van der Waals surface area contributed by atoms with E-state index in [1.54, 1.807) is 0 Å². The number of rotatable bonds is 7. The highest BCUT2D eigenvalue weighted by Crippen LogP contribution is 2.45. The van der Waals surface area contributed by atoms with Crippen molar-refractivity contribution in [1.82, 2.24) is 0 Å². The Morgan fingerprint density at radius 1 is 1.37 bits per heavy atom. The van der Waals surface area contributed by atoms with Crippen molar-refractivity contribution in [3.05, 3.63) is 23.8 Å². The van der Waals surface area contributed by atoms with Crippen molar-refractivity contribution in [2.24, 2.45) is 35.3 Å². The minimum absolute atomic E-state index is 0.0860. The van der Waals surface area contributed by atoms with E-state index >= 15 is 0 Å². The van der Waals surface area contributed by atoms with E-state index in [0.717, 1.165) is 19.3 Å². The molecule has 0 aromatic rings. The fourth-order valence-corrected chi connectivity index (χ4v) is 5.11. The van der Waals surface area contributed by atoms with Crippen LogP contribution in [0.15, 0.2) is 23.8 Å². The number of cyclic esters (lactones) is 1. The predicted octanol–water partition coefficient (Wildman–Crippen LogP) is 3.13. The normalized spacial score (nSPS) is 37.0. The van der Waals surface area contributed by atoms with E-state index < -0.39 is 6.10 Å². The number of carbonyl (C=O) groups is 2. The summed E-state index contributed by atoms with van der Waals surface area (Å²) in [6.45, 7) is 6.64. The van der Waals surface area contributed by atoms with Crippen LogP contribution in [0.3, 0.4) is 0 Å². The molecule has 6 nitrogen and oxygen atoms in total. The monoisotopic (exact) mass is 419 g/mol. The summed E-state index contributed by atoms with van der Waals surface area (Å²) in [5.41, 5.74) is 7.18. The van der Waals surface area contributed by atoms with E-state index in [2.05, 4.69) is 25.2 Å². The molecular weight excluding hydrogens is 382 g/mol. The first-order valence-electron chi connectivity index (χ1n) is 11.5. The molecule has 3 N–H and O–H groups in total. The average Bonchev–Trinajstić information content (AvgIpc) is 2.71. The molecule has 0 aromatic heterocycles. The molecule has 0 radical (unpaired) electrons. The van der Waals surface area contributed by atoms with Crippen molar-refractivity contribution in [3.8, 4) is 0 Å². The molecule has 1 aliphatic heterocycles.